The summed E-state index contributed by atoms with van der Waals surface area (Å²) in [6.45, 7) is 10.7. The summed E-state index contributed by atoms with van der Waals surface area (Å²) in [5.74, 6) is 0.782. The number of rotatable bonds is 6. The number of benzene rings is 1. The summed E-state index contributed by atoms with van der Waals surface area (Å²) in [5, 5.41) is 0. The van der Waals surface area contributed by atoms with Gasteiger partial charge in [0.1, 0.15) is 15.8 Å². The smallest absolute Gasteiger partial charge is 0.267 e. The molecule has 0 atom stereocenters. The van der Waals surface area contributed by atoms with Crippen LogP contribution in [-0.4, -0.2) is 62.1 Å². The standard InChI is InChI=1S/C28H31N5O2S2/c1-19(2)17-33-27(35)23(37-28(33)36)16-22-25(29-24-20(3)8-7-11-32(24)26(22)34)31-14-12-30(13-15-31)18-21-9-5-4-6-10-21/h4-11,16,19H,12-15,17-18H2,1-3H3/b23-16+. The third kappa shape index (κ3) is 5.35. The van der Waals surface area contributed by atoms with E-state index < -0.39 is 0 Å². The number of nitrogens with zero attached hydrogens (tertiary/aromatic N) is 5. The topological polar surface area (TPSA) is 61.2 Å². The number of hydrogen-bond acceptors (Lipinski definition) is 7. The Morgan fingerprint density at radius 2 is 1.78 bits per heavy atom. The van der Waals surface area contributed by atoms with Crippen molar-refractivity contribution in [3.63, 3.8) is 0 Å². The first-order valence-electron chi connectivity index (χ1n) is 12.6. The highest BCUT2D eigenvalue weighted by Crippen LogP contribution is 2.34. The number of piperazine rings is 1. The monoisotopic (exact) mass is 533 g/mol. The van der Waals surface area contributed by atoms with Gasteiger partial charge in [0, 0.05) is 45.5 Å². The van der Waals surface area contributed by atoms with Gasteiger partial charge in [-0.3, -0.25) is 23.8 Å². The summed E-state index contributed by atoms with van der Waals surface area (Å²) < 4.78 is 2.11. The molecule has 2 fully saturated rings. The van der Waals surface area contributed by atoms with Crippen LogP contribution in [0.15, 0.2) is 58.4 Å². The van der Waals surface area contributed by atoms with Crippen LogP contribution in [0.4, 0.5) is 5.82 Å². The van der Waals surface area contributed by atoms with Crippen LogP contribution < -0.4 is 10.5 Å². The Kier molecular flexibility index (Phi) is 7.46. The van der Waals surface area contributed by atoms with Crippen LogP contribution in [0, 0.1) is 12.8 Å². The molecule has 1 aromatic carbocycles. The maximum Gasteiger partial charge on any atom is 0.267 e. The summed E-state index contributed by atoms with van der Waals surface area (Å²) >= 11 is 6.75. The van der Waals surface area contributed by atoms with E-state index in [0.717, 1.165) is 38.3 Å². The van der Waals surface area contributed by atoms with Crippen molar-refractivity contribution in [1.29, 1.82) is 0 Å². The van der Waals surface area contributed by atoms with Crippen LogP contribution in [0.2, 0.25) is 0 Å². The fourth-order valence-corrected chi connectivity index (χ4v) is 6.04. The molecular weight excluding hydrogens is 502 g/mol. The lowest BCUT2D eigenvalue weighted by Gasteiger charge is -2.36. The van der Waals surface area contributed by atoms with Crippen LogP contribution in [0.1, 0.15) is 30.5 Å². The molecule has 2 aliphatic heterocycles. The van der Waals surface area contributed by atoms with Crippen molar-refractivity contribution >= 4 is 51.7 Å². The fraction of sp³-hybridized carbons (Fsp3) is 0.357. The van der Waals surface area contributed by atoms with Crippen molar-refractivity contribution in [1.82, 2.24) is 19.2 Å². The summed E-state index contributed by atoms with van der Waals surface area (Å²) in [4.78, 5) is 38.6. The van der Waals surface area contributed by atoms with E-state index >= 15 is 0 Å². The molecule has 7 nitrogen and oxygen atoms in total. The van der Waals surface area contributed by atoms with Gasteiger partial charge in [0.05, 0.1) is 10.5 Å². The average Bonchev–Trinajstić information content (AvgIpc) is 3.14. The Hall–Kier alpha value is -3.01. The van der Waals surface area contributed by atoms with E-state index in [0.29, 0.717) is 38.7 Å². The second-order valence-corrected chi connectivity index (χ2v) is 11.6. The molecule has 0 bridgehead atoms. The number of carbonyl (C=O) groups is 1. The molecule has 4 heterocycles. The molecule has 2 saturated heterocycles. The van der Waals surface area contributed by atoms with Crippen molar-refractivity contribution in [3.05, 3.63) is 80.6 Å². The zero-order valence-electron chi connectivity index (χ0n) is 21.4. The maximum absolute atomic E-state index is 13.8. The minimum atomic E-state index is -0.176. The number of thiocarbonyl (C=S) groups is 1. The number of thioether (sulfide) groups is 1. The van der Waals surface area contributed by atoms with Gasteiger partial charge < -0.3 is 4.90 Å². The molecule has 3 aromatic rings. The molecule has 0 aliphatic carbocycles. The summed E-state index contributed by atoms with van der Waals surface area (Å²) in [7, 11) is 0. The van der Waals surface area contributed by atoms with Gasteiger partial charge in [-0.25, -0.2) is 4.98 Å². The highest BCUT2D eigenvalue weighted by atomic mass is 32.2. The molecule has 2 aromatic heterocycles. The third-order valence-electron chi connectivity index (χ3n) is 6.68. The zero-order chi connectivity index (χ0) is 26.1. The van der Waals surface area contributed by atoms with E-state index in [2.05, 4.69) is 47.9 Å². The molecule has 2 aliphatic rings. The van der Waals surface area contributed by atoms with Crippen LogP contribution in [-0.2, 0) is 11.3 Å². The molecule has 192 valence electrons. The number of amides is 1. The Labute approximate surface area is 226 Å². The Morgan fingerprint density at radius 1 is 1.05 bits per heavy atom. The van der Waals surface area contributed by atoms with Gasteiger partial charge in [0.25, 0.3) is 11.5 Å². The molecule has 9 heteroatoms. The summed E-state index contributed by atoms with van der Waals surface area (Å²) in [6, 6.07) is 14.3. The molecule has 37 heavy (non-hydrogen) atoms. The van der Waals surface area contributed by atoms with Crippen LogP contribution in [0.5, 0.6) is 0 Å². The van der Waals surface area contributed by atoms with Gasteiger partial charge >= 0.3 is 0 Å². The second-order valence-electron chi connectivity index (χ2n) is 9.97. The van der Waals surface area contributed by atoms with Gasteiger partial charge in [-0.05, 0) is 36.1 Å². The van der Waals surface area contributed by atoms with Gasteiger partial charge in [-0.15, -0.1) is 0 Å². The van der Waals surface area contributed by atoms with Crippen molar-refractivity contribution in [2.24, 2.45) is 5.92 Å². The Balaban J connectivity index is 1.49. The van der Waals surface area contributed by atoms with E-state index in [1.165, 1.54) is 17.3 Å². The van der Waals surface area contributed by atoms with Crippen LogP contribution in [0.25, 0.3) is 11.7 Å². The van der Waals surface area contributed by atoms with Crippen molar-refractivity contribution < 1.29 is 4.79 Å². The molecular formula is C28H31N5O2S2. The minimum absolute atomic E-state index is 0.143. The lowest BCUT2D eigenvalue weighted by Crippen LogP contribution is -2.47. The normalized spacial score (nSPS) is 18.1. The fourth-order valence-electron chi connectivity index (χ4n) is 4.78. The summed E-state index contributed by atoms with van der Waals surface area (Å²) in [6.07, 6.45) is 3.44. The number of anilines is 1. The SMILES string of the molecule is Cc1cccn2c(=O)c(/C=C3/SC(=S)N(CC(C)C)C3=O)c(N3CCN(Cc4ccccc4)CC3)nc12. The second kappa shape index (κ2) is 10.8. The number of fused-ring (bicyclic) bond motifs is 1. The number of hydrogen-bond donors (Lipinski definition) is 0. The molecule has 0 N–H and O–H groups in total. The van der Waals surface area contributed by atoms with Gasteiger partial charge in [-0.2, -0.15) is 0 Å². The first-order chi connectivity index (χ1) is 17.8. The molecule has 0 unspecified atom stereocenters. The third-order valence-corrected chi connectivity index (χ3v) is 8.06. The first-order valence-corrected chi connectivity index (χ1v) is 13.8. The molecule has 0 spiro atoms. The highest BCUT2D eigenvalue weighted by molar-refractivity contribution is 8.26. The predicted molar refractivity (Wildman–Crippen MR) is 155 cm³/mol. The quantitative estimate of drug-likeness (QED) is 0.348. The number of aryl methyl sites for hydroxylation is 1. The van der Waals surface area contributed by atoms with E-state index in [4.69, 9.17) is 17.2 Å². The lowest BCUT2D eigenvalue weighted by molar-refractivity contribution is -0.122. The van der Waals surface area contributed by atoms with E-state index in [1.807, 2.05) is 25.1 Å². The van der Waals surface area contributed by atoms with Crippen molar-refractivity contribution in [3.8, 4) is 0 Å². The number of carbonyl (C=O) groups excluding carboxylic acids is 1. The van der Waals surface area contributed by atoms with Crippen molar-refractivity contribution in [2.75, 3.05) is 37.6 Å². The Bertz CT molecular complexity index is 1430. The lowest BCUT2D eigenvalue weighted by atomic mass is 10.1. The number of aromatic nitrogens is 2. The van der Waals surface area contributed by atoms with E-state index in [1.54, 1.807) is 21.6 Å². The van der Waals surface area contributed by atoms with Gasteiger partial charge in [0.15, 0.2) is 0 Å². The molecule has 0 radical (unpaired) electrons. The summed E-state index contributed by atoms with van der Waals surface area (Å²) in [5.41, 5.74) is 3.11. The molecule has 0 saturated carbocycles. The van der Waals surface area contributed by atoms with Crippen molar-refractivity contribution in [2.45, 2.75) is 27.3 Å². The Morgan fingerprint density at radius 3 is 2.49 bits per heavy atom. The maximum atomic E-state index is 13.8. The first kappa shape index (κ1) is 25.6. The molecule has 1 amide bonds. The van der Waals surface area contributed by atoms with Gasteiger partial charge in [0.2, 0.25) is 0 Å². The van der Waals surface area contributed by atoms with Gasteiger partial charge in [-0.1, -0.05) is 74.2 Å². The van der Waals surface area contributed by atoms with E-state index in [9.17, 15) is 9.59 Å². The zero-order valence-corrected chi connectivity index (χ0v) is 23.0. The van der Waals surface area contributed by atoms with E-state index in [-0.39, 0.29) is 11.5 Å². The van der Waals surface area contributed by atoms with Crippen LogP contribution in [0.3, 0.4) is 0 Å². The average molecular weight is 534 g/mol. The molecule has 5 rings (SSSR count). The largest absolute Gasteiger partial charge is 0.353 e. The number of pyridine rings is 1. The van der Waals surface area contributed by atoms with Crippen LogP contribution >= 0.6 is 24.0 Å². The minimum Gasteiger partial charge on any atom is -0.353 e. The highest BCUT2D eigenvalue weighted by Gasteiger charge is 2.33. The predicted octanol–water partition coefficient (Wildman–Crippen LogP) is 4.18.